The molecule has 0 aliphatic heterocycles. The molecule has 0 aliphatic carbocycles. The van der Waals surface area contributed by atoms with Gasteiger partial charge in [0.15, 0.2) is 0 Å². The molecule has 0 bridgehead atoms. The molecule has 15 heavy (non-hydrogen) atoms. The minimum Gasteiger partial charge on any atom is -0.323 e. The van der Waals surface area contributed by atoms with Crippen molar-refractivity contribution in [1.29, 1.82) is 0 Å². The molecule has 2 N–H and O–H groups in total. The molecule has 2 aromatic rings. The number of nitrogens with one attached hydrogen (secondary N) is 2. The van der Waals surface area contributed by atoms with E-state index in [0.29, 0.717) is 5.69 Å². The molecule has 1 atom stereocenters. The number of nitrogens with zero attached hydrogens (tertiary/aromatic N) is 1. The molecule has 1 aromatic carbocycles. The molecule has 1 amide bonds. The van der Waals surface area contributed by atoms with Crippen LogP contribution in [-0.2, 0) is 4.79 Å². The highest BCUT2D eigenvalue weighted by atomic mass is 35.5. The van der Waals surface area contributed by atoms with Crippen LogP contribution in [0.15, 0.2) is 24.4 Å². The molecule has 4 nitrogen and oxygen atoms in total. The van der Waals surface area contributed by atoms with Crippen LogP contribution in [0.4, 0.5) is 5.69 Å². The molecule has 1 aromatic heterocycles. The lowest BCUT2D eigenvalue weighted by Gasteiger charge is -2.06. The highest BCUT2D eigenvalue weighted by molar-refractivity contribution is 6.32. The zero-order chi connectivity index (χ0) is 10.8. The van der Waals surface area contributed by atoms with Gasteiger partial charge in [-0.1, -0.05) is 12.1 Å². The number of carbonyl (C=O) groups excluding carboxylic acids is 1. The number of hydrogen-bond acceptors (Lipinski definition) is 2. The van der Waals surface area contributed by atoms with E-state index in [2.05, 4.69) is 15.5 Å². The maximum atomic E-state index is 11.4. The topological polar surface area (TPSA) is 57.8 Å². The van der Waals surface area contributed by atoms with E-state index in [1.165, 1.54) is 0 Å². The molecule has 0 saturated heterocycles. The normalized spacial score (nSPS) is 12.7. The van der Waals surface area contributed by atoms with Crippen LogP contribution in [0.5, 0.6) is 0 Å². The lowest BCUT2D eigenvalue weighted by Crippen LogP contribution is -2.20. The monoisotopic (exact) mass is 223 g/mol. The number of hydrogen-bond donors (Lipinski definition) is 2. The number of anilines is 1. The van der Waals surface area contributed by atoms with E-state index in [-0.39, 0.29) is 5.91 Å². The number of alkyl halides is 1. The highest BCUT2D eigenvalue weighted by Gasteiger charge is 2.11. The van der Waals surface area contributed by atoms with Gasteiger partial charge in [0.2, 0.25) is 5.91 Å². The number of aromatic amines is 1. The maximum Gasteiger partial charge on any atom is 0.242 e. The number of benzene rings is 1. The molecule has 0 fully saturated rings. The predicted octanol–water partition coefficient (Wildman–Crippen LogP) is 2.13. The summed E-state index contributed by atoms with van der Waals surface area (Å²) in [7, 11) is 0. The standard InChI is InChI=1S/C10H10ClN3O/c1-6(11)10(15)13-8-4-2-3-7-5-12-14-9(7)8/h2-6H,1H3,(H,12,14)(H,13,15)/t6-/m1/s1. The van der Waals surface area contributed by atoms with Crippen molar-refractivity contribution in [3.63, 3.8) is 0 Å². The van der Waals surface area contributed by atoms with Gasteiger partial charge in [-0.2, -0.15) is 5.10 Å². The van der Waals surface area contributed by atoms with Crippen molar-refractivity contribution in [1.82, 2.24) is 10.2 Å². The van der Waals surface area contributed by atoms with E-state index in [4.69, 9.17) is 11.6 Å². The van der Waals surface area contributed by atoms with Gasteiger partial charge in [0.25, 0.3) is 0 Å². The van der Waals surface area contributed by atoms with Gasteiger partial charge in [0, 0.05) is 5.39 Å². The quantitative estimate of drug-likeness (QED) is 0.767. The maximum absolute atomic E-state index is 11.4. The number of halogens is 1. The first-order chi connectivity index (χ1) is 7.18. The minimum absolute atomic E-state index is 0.223. The number of para-hydroxylation sites is 1. The van der Waals surface area contributed by atoms with Crippen molar-refractivity contribution in [2.75, 3.05) is 5.32 Å². The van der Waals surface area contributed by atoms with Gasteiger partial charge in [-0.3, -0.25) is 9.89 Å². The van der Waals surface area contributed by atoms with E-state index in [1.54, 1.807) is 19.2 Å². The van der Waals surface area contributed by atoms with Gasteiger partial charge >= 0.3 is 0 Å². The summed E-state index contributed by atoms with van der Waals surface area (Å²) in [5.74, 6) is -0.223. The van der Waals surface area contributed by atoms with Crippen LogP contribution >= 0.6 is 11.6 Å². The molecule has 5 heteroatoms. The fourth-order valence-corrected chi connectivity index (χ4v) is 1.36. The number of rotatable bonds is 2. The number of carbonyl (C=O) groups is 1. The first kappa shape index (κ1) is 9.98. The van der Waals surface area contributed by atoms with Crippen LogP contribution in [0.1, 0.15) is 6.92 Å². The molecule has 0 spiro atoms. The summed E-state index contributed by atoms with van der Waals surface area (Å²) in [5.41, 5.74) is 1.51. The van der Waals surface area contributed by atoms with Gasteiger partial charge in [-0.15, -0.1) is 11.6 Å². The summed E-state index contributed by atoms with van der Waals surface area (Å²) in [6.07, 6.45) is 1.70. The molecule has 78 valence electrons. The second-order valence-corrected chi connectivity index (χ2v) is 3.90. The number of H-pyrrole nitrogens is 1. The smallest absolute Gasteiger partial charge is 0.242 e. The van der Waals surface area contributed by atoms with Crippen molar-refractivity contribution >= 4 is 34.1 Å². The first-order valence-corrected chi connectivity index (χ1v) is 4.99. The third-order valence-corrected chi connectivity index (χ3v) is 2.29. The lowest BCUT2D eigenvalue weighted by atomic mass is 10.2. The molecule has 0 aliphatic rings. The number of fused-ring (bicyclic) bond motifs is 1. The van der Waals surface area contributed by atoms with Crippen LogP contribution in [-0.4, -0.2) is 21.5 Å². The summed E-state index contributed by atoms with van der Waals surface area (Å²) >= 11 is 5.67. The minimum atomic E-state index is -0.553. The number of amides is 1. The summed E-state index contributed by atoms with van der Waals surface area (Å²) in [6.45, 7) is 1.63. The summed E-state index contributed by atoms with van der Waals surface area (Å²) in [5, 5.41) is 9.86. The average molecular weight is 224 g/mol. The first-order valence-electron chi connectivity index (χ1n) is 4.55. The lowest BCUT2D eigenvalue weighted by molar-refractivity contribution is -0.115. The van der Waals surface area contributed by atoms with Crippen LogP contribution in [0.25, 0.3) is 10.9 Å². The molecule has 0 saturated carbocycles. The molecule has 1 heterocycles. The highest BCUT2D eigenvalue weighted by Crippen LogP contribution is 2.20. The molecule has 2 rings (SSSR count). The summed E-state index contributed by atoms with van der Waals surface area (Å²) in [4.78, 5) is 11.4. The van der Waals surface area contributed by atoms with E-state index in [9.17, 15) is 4.79 Å². The Bertz CT molecular complexity index is 492. The van der Waals surface area contributed by atoms with Gasteiger partial charge in [-0.25, -0.2) is 0 Å². The SMILES string of the molecule is C[C@@H](Cl)C(=O)Nc1cccc2cn[nH]c12. The van der Waals surface area contributed by atoms with Crippen molar-refractivity contribution in [3.05, 3.63) is 24.4 Å². The molecular formula is C10H10ClN3O. The van der Waals surface area contributed by atoms with Crippen LogP contribution < -0.4 is 5.32 Å². The summed E-state index contributed by atoms with van der Waals surface area (Å²) < 4.78 is 0. The van der Waals surface area contributed by atoms with E-state index in [0.717, 1.165) is 10.9 Å². The van der Waals surface area contributed by atoms with Gasteiger partial charge in [0.1, 0.15) is 5.38 Å². The third-order valence-electron chi connectivity index (χ3n) is 2.10. The Morgan fingerprint density at radius 2 is 2.40 bits per heavy atom. The van der Waals surface area contributed by atoms with Crippen molar-refractivity contribution in [3.8, 4) is 0 Å². The Morgan fingerprint density at radius 3 is 3.13 bits per heavy atom. The Kier molecular flexibility index (Phi) is 2.60. The van der Waals surface area contributed by atoms with Crippen LogP contribution in [0.3, 0.4) is 0 Å². The van der Waals surface area contributed by atoms with Crippen molar-refractivity contribution in [2.24, 2.45) is 0 Å². The Hall–Kier alpha value is -1.55. The van der Waals surface area contributed by atoms with E-state index in [1.807, 2.05) is 12.1 Å². The Morgan fingerprint density at radius 1 is 1.60 bits per heavy atom. The van der Waals surface area contributed by atoms with Gasteiger partial charge in [0.05, 0.1) is 17.4 Å². The zero-order valence-electron chi connectivity index (χ0n) is 8.12. The largest absolute Gasteiger partial charge is 0.323 e. The van der Waals surface area contributed by atoms with E-state index < -0.39 is 5.38 Å². The van der Waals surface area contributed by atoms with Crippen LogP contribution in [0.2, 0.25) is 0 Å². The molecule has 0 unspecified atom stereocenters. The number of aromatic nitrogens is 2. The van der Waals surface area contributed by atoms with E-state index >= 15 is 0 Å². The van der Waals surface area contributed by atoms with Gasteiger partial charge in [-0.05, 0) is 13.0 Å². The van der Waals surface area contributed by atoms with Crippen molar-refractivity contribution < 1.29 is 4.79 Å². The Labute approximate surface area is 91.6 Å². The Balaban J connectivity index is 2.35. The van der Waals surface area contributed by atoms with Gasteiger partial charge < -0.3 is 5.32 Å². The zero-order valence-corrected chi connectivity index (χ0v) is 8.88. The fraction of sp³-hybridized carbons (Fsp3) is 0.200. The summed E-state index contributed by atoms with van der Waals surface area (Å²) in [6, 6.07) is 5.57. The average Bonchev–Trinajstić information content (AvgIpc) is 2.66. The third kappa shape index (κ3) is 1.94. The fourth-order valence-electron chi connectivity index (χ4n) is 1.31. The predicted molar refractivity (Wildman–Crippen MR) is 60.0 cm³/mol. The second kappa shape index (κ2) is 3.90. The molecular weight excluding hydrogens is 214 g/mol. The van der Waals surface area contributed by atoms with Crippen LogP contribution in [0, 0.1) is 0 Å². The van der Waals surface area contributed by atoms with Crippen molar-refractivity contribution in [2.45, 2.75) is 12.3 Å². The molecule has 0 radical (unpaired) electrons. The second-order valence-electron chi connectivity index (χ2n) is 3.25.